The lowest BCUT2D eigenvalue weighted by molar-refractivity contribution is -0.114. The number of para-hydroxylation sites is 1. The van der Waals surface area contributed by atoms with Crippen LogP contribution in [0, 0.1) is 10.5 Å². The average molecular weight is 534 g/mol. The summed E-state index contributed by atoms with van der Waals surface area (Å²) in [6, 6.07) is 21.3. The van der Waals surface area contributed by atoms with Gasteiger partial charge in [0.05, 0.1) is 10.6 Å². The predicted octanol–water partition coefficient (Wildman–Crippen LogP) is 5.00. The van der Waals surface area contributed by atoms with E-state index in [0.29, 0.717) is 17.8 Å². The van der Waals surface area contributed by atoms with Crippen molar-refractivity contribution in [2.24, 2.45) is 0 Å². The Morgan fingerprint density at radius 1 is 0.967 bits per heavy atom. The minimum atomic E-state index is -3.93. The van der Waals surface area contributed by atoms with Crippen molar-refractivity contribution in [3.05, 3.63) is 87.5 Å². The molecule has 3 aromatic carbocycles. The number of hydrogen-bond acceptors (Lipinski definition) is 3. The van der Waals surface area contributed by atoms with Gasteiger partial charge < -0.3 is 5.32 Å². The van der Waals surface area contributed by atoms with E-state index in [2.05, 4.69) is 27.9 Å². The fraction of sp³-hybridized carbons (Fsp3) is 0.174. The van der Waals surface area contributed by atoms with Crippen molar-refractivity contribution in [3.63, 3.8) is 0 Å². The normalized spacial score (nSPS) is 11.2. The second-order valence-corrected chi connectivity index (χ2v) is 9.97. The minimum Gasteiger partial charge on any atom is -0.325 e. The Labute approximate surface area is 191 Å². The Morgan fingerprint density at radius 2 is 1.60 bits per heavy atom. The van der Waals surface area contributed by atoms with Crippen molar-refractivity contribution < 1.29 is 13.2 Å². The predicted molar refractivity (Wildman–Crippen MR) is 129 cm³/mol. The molecule has 3 aromatic rings. The third-order valence-electron chi connectivity index (χ3n) is 4.67. The van der Waals surface area contributed by atoms with Crippen molar-refractivity contribution >= 4 is 49.9 Å². The van der Waals surface area contributed by atoms with E-state index in [1.165, 1.54) is 4.31 Å². The van der Waals surface area contributed by atoms with Crippen LogP contribution >= 0.6 is 22.6 Å². The second kappa shape index (κ2) is 9.61. The lowest BCUT2D eigenvalue weighted by Gasteiger charge is -2.26. The molecule has 0 aliphatic rings. The molecule has 30 heavy (non-hydrogen) atoms. The molecule has 0 atom stereocenters. The van der Waals surface area contributed by atoms with Gasteiger partial charge in [0.1, 0.15) is 6.54 Å². The maximum absolute atomic E-state index is 13.5. The molecule has 0 unspecified atom stereocenters. The molecule has 0 fully saturated rings. The van der Waals surface area contributed by atoms with Gasteiger partial charge in [-0.25, -0.2) is 8.42 Å². The zero-order chi connectivity index (χ0) is 21.7. The number of benzene rings is 3. The number of nitrogens with one attached hydrogen (secondary N) is 1. The van der Waals surface area contributed by atoms with Gasteiger partial charge in [-0.15, -0.1) is 0 Å². The molecule has 1 amide bonds. The van der Waals surface area contributed by atoms with Gasteiger partial charge in [0, 0.05) is 9.26 Å². The average Bonchev–Trinajstić information content (AvgIpc) is 2.74. The van der Waals surface area contributed by atoms with Crippen LogP contribution in [-0.2, 0) is 21.2 Å². The monoisotopic (exact) mass is 534 g/mol. The van der Waals surface area contributed by atoms with Crippen LogP contribution in [0.25, 0.3) is 0 Å². The first kappa shape index (κ1) is 22.3. The number of rotatable bonds is 7. The van der Waals surface area contributed by atoms with Gasteiger partial charge in [-0.3, -0.25) is 9.10 Å². The number of carbonyl (C=O) groups is 1. The van der Waals surface area contributed by atoms with Crippen LogP contribution in [0.15, 0.2) is 77.7 Å². The van der Waals surface area contributed by atoms with Crippen molar-refractivity contribution in [1.29, 1.82) is 0 Å². The SMILES string of the molecule is CCc1ccccc1N(CC(=O)Nc1ccc(I)cc1)S(=O)(=O)c1ccc(C)cc1. The fourth-order valence-corrected chi connectivity index (χ4v) is 4.87. The molecule has 5 nitrogen and oxygen atoms in total. The molecule has 0 aliphatic carbocycles. The van der Waals surface area contributed by atoms with E-state index in [1.807, 2.05) is 38.1 Å². The van der Waals surface area contributed by atoms with E-state index in [4.69, 9.17) is 0 Å². The Hall–Kier alpha value is -2.39. The molecular weight excluding hydrogens is 511 g/mol. The molecule has 1 N–H and O–H groups in total. The fourth-order valence-electron chi connectivity index (χ4n) is 3.05. The summed E-state index contributed by atoms with van der Waals surface area (Å²) >= 11 is 2.18. The van der Waals surface area contributed by atoms with Crippen LogP contribution in [0.5, 0.6) is 0 Å². The third kappa shape index (κ3) is 5.20. The van der Waals surface area contributed by atoms with Crippen molar-refractivity contribution in [1.82, 2.24) is 0 Å². The molecule has 3 rings (SSSR count). The van der Waals surface area contributed by atoms with E-state index in [0.717, 1.165) is 14.7 Å². The number of carbonyl (C=O) groups excluding carboxylic acids is 1. The lowest BCUT2D eigenvalue weighted by Crippen LogP contribution is -2.38. The first-order valence-corrected chi connectivity index (χ1v) is 12.1. The standard InChI is InChI=1S/C23H23IN2O3S/c1-3-18-6-4-5-7-22(18)26(30(28,29)21-14-8-17(2)9-15-21)16-23(27)25-20-12-10-19(24)11-13-20/h4-15H,3,16H2,1-2H3,(H,25,27). The van der Waals surface area contributed by atoms with E-state index in [9.17, 15) is 13.2 Å². The van der Waals surface area contributed by atoms with Gasteiger partial charge in [-0.1, -0.05) is 42.8 Å². The highest BCUT2D eigenvalue weighted by atomic mass is 127. The summed E-state index contributed by atoms with van der Waals surface area (Å²) in [6.07, 6.45) is 0.648. The smallest absolute Gasteiger partial charge is 0.264 e. The van der Waals surface area contributed by atoms with Crippen molar-refractivity contribution in [2.45, 2.75) is 25.2 Å². The molecule has 0 heterocycles. The molecule has 0 aliphatic heterocycles. The molecule has 0 spiro atoms. The van der Waals surface area contributed by atoms with Gasteiger partial charge in [0.2, 0.25) is 5.91 Å². The summed E-state index contributed by atoms with van der Waals surface area (Å²) in [7, 11) is -3.93. The Bertz CT molecular complexity index is 1130. The van der Waals surface area contributed by atoms with Gasteiger partial charge in [0.15, 0.2) is 0 Å². The molecule has 0 bridgehead atoms. The molecule has 7 heteroatoms. The Balaban J connectivity index is 1.98. The van der Waals surface area contributed by atoms with E-state index in [-0.39, 0.29) is 11.4 Å². The summed E-state index contributed by atoms with van der Waals surface area (Å²) in [5, 5.41) is 2.79. The summed E-state index contributed by atoms with van der Waals surface area (Å²) in [4.78, 5) is 12.9. The van der Waals surface area contributed by atoms with Crippen LogP contribution in [0.2, 0.25) is 0 Å². The third-order valence-corrected chi connectivity index (χ3v) is 7.16. The lowest BCUT2D eigenvalue weighted by atomic mass is 10.1. The van der Waals surface area contributed by atoms with Crippen LogP contribution in [0.4, 0.5) is 11.4 Å². The Kier molecular flexibility index (Phi) is 7.14. The quantitative estimate of drug-likeness (QED) is 0.435. The largest absolute Gasteiger partial charge is 0.325 e. The molecule has 0 aromatic heterocycles. The molecular formula is C23H23IN2O3S. The van der Waals surface area contributed by atoms with Gasteiger partial charge in [0.25, 0.3) is 10.0 Å². The first-order valence-electron chi connectivity index (χ1n) is 9.54. The highest BCUT2D eigenvalue weighted by molar-refractivity contribution is 14.1. The van der Waals surface area contributed by atoms with E-state index in [1.54, 1.807) is 48.5 Å². The van der Waals surface area contributed by atoms with Gasteiger partial charge in [-0.05, 0) is 84.0 Å². The molecule has 0 radical (unpaired) electrons. The topological polar surface area (TPSA) is 66.5 Å². The molecule has 156 valence electrons. The van der Waals surface area contributed by atoms with E-state index < -0.39 is 15.9 Å². The van der Waals surface area contributed by atoms with Gasteiger partial charge >= 0.3 is 0 Å². The minimum absolute atomic E-state index is 0.154. The number of sulfonamides is 1. The van der Waals surface area contributed by atoms with Gasteiger partial charge in [-0.2, -0.15) is 0 Å². The summed E-state index contributed by atoms with van der Waals surface area (Å²) < 4.78 is 29.2. The van der Waals surface area contributed by atoms with Crippen molar-refractivity contribution in [2.75, 3.05) is 16.2 Å². The second-order valence-electron chi connectivity index (χ2n) is 6.86. The number of nitrogens with zero attached hydrogens (tertiary/aromatic N) is 1. The zero-order valence-corrected chi connectivity index (χ0v) is 19.8. The maximum atomic E-state index is 13.5. The number of anilines is 2. The highest BCUT2D eigenvalue weighted by Crippen LogP contribution is 2.28. The number of aryl methyl sites for hydroxylation is 2. The van der Waals surface area contributed by atoms with Crippen molar-refractivity contribution in [3.8, 4) is 0 Å². The first-order chi connectivity index (χ1) is 14.3. The maximum Gasteiger partial charge on any atom is 0.264 e. The van der Waals surface area contributed by atoms with Crippen LogP contribution < -0.4 is 9.62 Å². The zero-order valence-electron chi connectivity index (χ0n) is 16.8. The van der Waals surface area contributed by atoms with Crippen LogP contribution in [0.1, 0.15) is 18.1 Å². The van der Waals surface area contributed by atoms with E-state index >= 15 is 0 Å². The highest BCUT2D eigenvalue weighted by Gasteiger charge is 2.28. The Morgan fingerprint density at radius 3 is 2.23 bits per heavy atom. The number of halogens is 1. The summed E-state index contributed by atoms with van der Waals surface area (Å²) in [6.45, 7) is 3.54. The number of amides is 1. The summed E-state index contributed by atoms with van der Waals surface area (Å²) in [5.41, 5.74) is 2.95. The molecule has 0 saturated heterocycles. The molecule has 0 saturated carbocycles. The van der Waals surface area contributed by atoms with Crippen LogP contribution in [-0.4, -0.2) is 20.9 Å². The number of hydrogen-bond donors (Lipinski definition) is 1. The summed E-state index contributed by atoms with van der Waals surface area (Å²) in [5.74, 6) is -0.405. The van der Waals surface area contributed by atoms with Crippen LogP contribution in [0.3, 0.4) is 0 Å².